The second-order valence-electron chi connectivity index (χ2n) is 14.7. The normalized spacial score (nSPS) is 21.6. The van der Waals surface area contributed by atoms with Crippen molar-refractivity contribution in [3.8, 4) is 5.75 Å². The molecule has 1 heterocycles. The lowest BCUT2D eigenvalue weighted by molar-refractivity contribution is -0.144. The van der Waals surface area contributed by atoms with Crippen LogP contribution in [0, 0.1) is 11.8 Å². The van der Waals surface area contributed by atoms with Gasteiger partial charge in [-0.1, -0.05) is 38.1 Å². The van der Waals surface area contributed by atoms with E-state index in [-0.39, 0.29) is 56.1 Å². The third-order valence-electron chi connectivity index (χ3n) is 9.45. The molecule has 10 N–H and O–H groups in total. The van der Waals surface area contributed by atoms with E-state index in [1.807, 2.05) is 26.0 Å². The molecule has 0 radical (unpaired) electrons. The summed E-state index contributed by atoms with van der Waals surface area (Å²) in [7, 11) is 0. The van der Waals surface area contributed by atoms with Crippen molar-refractivity contribution >= 4 is 35.4 Å². The molecule has 53 heavy (non-hydrogen) atoms. The van der Waals surface area contributed by atoms with Crippen LogP contribution in [0.25, 0.3) is 0 Å². The maximum Gasteiger partial charge on any atom is 0.306 e. The van der Waals surface area contributed by atoms with Gasteiger partial charge in [-0.25, -0.2) is 0 Å². The molecule has 0 fully saturated rings. The molecule has 0 saturated carbocycles. The predicted molar refractivity (Wildman–Crippen MR) is 202 cm³/mol. The SMILES string of the molecule is CC(C)C[C@H](CC(=O)[C@H](Cc1ccc(O)cc1)NC(=O)[C@@]1(C)CCCC=CCCC(=O)N[C@@H](CCCCN)C(=O)N[C@@H](CCCCN)C(=O)N1)C(=O)O. The maximum absolute atomic E-state index is 14.3. The van der Waals surface area contributed by atoms with E-state index < -0.39 is 59.1 Å². The molecular formula is C39H62N6O8. The first kappa shape index (κ1) is 44.9. The molecule has 14 nitrogen and oxygen atoms in total. The van der Waals surface area contributed by atoms with Gasteiger partial charge in [-0.3, -0.25) is 28.8 Å². The molecule has 1 aliphatic heterocycles. The van der Waals surface area contributed by atoms with Gasteiger partial charge in [0.1, 0.15) is 23.4 Å². The molecule has 296 valence electrons. The number of carboxylic acids is 1. The van der Waals surface area contributed by atoms with Crippen LogP contribution < -0.4 is 32.7 Å². The standard InChI is InChI=1S/C39H62N6O8/c1-26(2)23-28(37(51)52)25-33(47)32(24-27-16-18-29(46)19-17-27)44-38(53)39(3)20-10-6-4-5-7-15-34(48)42-30(13-8-11-21-40)35(49)43-31(36(50)45-39)14-9-12-22-41/h4-5,16-19,26,28,30-32,46H,6-15,20-25,40-41H2,1-3H3,(H,42,48)(H,43,49)(H,44,53)(H,45,50)(H,51,52)/t28-,30+,31+,32+,39-/m1/s1. The van der Waals surface area contributed by atoms with Crippen LogP contribution in [-0.2, 0) is 35.2 Å². The monoisotopic (exact) mass is 742 g/mol. The first-order valence-electron chi connectivity index (χ1n) is 19.0. The van der Waals surface area contributed by atoms with Gasteiger partial charge in [-0.2, -0.15) is 0 Å². The lowest BCUT2D eigenvalue weighted by Gasteiger charge is -2.34. The van der Waals surface area contributed by atoms with Gasteiger partial charge in [0.15, 0.2) is 5.78 Å². The number of carboxylic acid groups (broad SMARTS) is 1. The summed E-state index contributed by atoms with van der Waals surface area (Å²) in [6, 6.07) is 3.09. The van der Waals surface area contributed by atoms with Crippen molar-refractivity contribution in [1.82, 2.24) is 21.3 Å². The van der Waals surface area contributed by atoms with E-state index in [2.05, 4.69) is 21.3 Å². The zero-order valence-corrected chi connectivity index (χ0v) is 31.7. The number of aromatic hydroxyl groups is 1. The Morgan fingerprint density at radius 3 is 2.09 bits per heavy atom. The first-order chi connectivity index (χ1) is 25.2. The molecule has 0 aliphatic carbocycles. The molecule has 5 atom stereocenters. The maximum atomic E-state index is 14.3. The third kappa shape index (κ3) is 16.5. The van der Waals surface area contributed by atoms with E-state index in [1.54, 1.807) is 19.1 Å². The van der Waals surface area contributed by atoms with Crippen molar-refractivity contribution in [1.29, 1.82) is 0 Å². The van der Waals surface area contributed by atoms with Crippen molar-refractivity contribution in [2.45, 2.75) is 134 Å². The van der Waals surface area contributed by atoms with Gasteiger partial charge in [0.05, 0.1) is 12.0 Å². The first-order valence-corrected chi connectivity index (χ1v) is 19.0. The summed E-state index contributed by atoms with van der Waals surface area (Å²) >= 11 is 0. The Labute approximate surface area is 313 Å². The minimum atomic E-state index is -1.54. The highest BCUT2D eigenvalue weighted by molar-refractivity contribution is 5.98. The van der Waals surface area contributed by atoms with Crippen molar-refractivity contribution in [3.63, 3.8) is 0 Å². The zero-order valence-electron chi connectivity index (χ0n) is 31.7. The van der Waals surface area contributed by atoms with Crippen molar-refractivity contribution < 1.29 is 39.0 Å². The number of nitrogens with one attached hydrogen (secondary N) is 4. The molecule has 14 heteroatoms. The number of phenols is 1. The average molecular weight is 743 g/mol. The summed E-state index contributed by atoms with van der Waals surface area (Å²) in [6.07, 6.45) is 8.48. The lowest BCUT2D eigenvalue weighted by atomic mass is 9.88. The fourth-order valence-corrected chi connectivity index (χ4v) is 6.33. The number of unbranched alkanes of at least 4 members (excludes halogenated alkanes) is 2. The Kier molecular flexibility index (Phi) is 19.8. The van der Waals surface area contributed by atoms with Crippen LogP contribution in [-0.4, -0.2) is 82.3 Å². The number of carbonyl (C=O) groups is 6. The summed E-state index contributed by atoms with van der Waals surface area (Å²) in [5.41, 5.74) is 10.5. The summed E-state index contributed by atoms with van der Waals surface area (Å²) in [5.74, 6) is -4.52. The second kappa shape index (κ2) is 23.4. The molecule has 4 amide bonds. The van der Waals surface area contributed by atoms with E-state index in [0.717, 1.165) is 0 Å². The molecule has 0 saturated heterocycles. The highest BCUT2D eigenvalue weighted by Crippen LogP contribution is 2.22. The van der Waals surface area contributed by atoms with Crippen LogP contribution in [0.3, 0.4) is 0 Å². The van der Waals surface area contributed by atoms with Gasteiger partial charge >= 0.3 is 5.97 Å². The van der Waals surface area contributed by atoms with Crippen molar-refractivity contribution in [2.75, 3.05) is 13.1 Å². The molecule has 0 unspecified atom stereocenters. The van der Waals surface area contributed by atoms with Gasteiger partial charge in [-0.05, 0) is 121 Å². The molecule has 0 aromatic heterocycles. The number of amides is 4. The van der Waals surface area contributed by atoms with Gasteiger partial charge < -0.3 is 42.9 Å². The number of ketones is 1. The highest BCUT2D eigenvalue weighted by Gasteiger charge is 2.39. The molecule has 0 bridgehead atoms. The van der Waals surface area contributed by atoms with Crippen LogP contribution >= 0.6 is 0 Å². The Bertz CT molecular complexity index is 1380. The Balaban J connectivity index is 2.48. The zero-order chi connectivity index (χ0) is 39.4. The molecular weight excluding hydrogens is 680 g/mol. The van der Waals surface area contributed by atoms with Gasteiger partial charge in [0.25, 0.3) is 0 Å². The van der Waals surface area contributed by atoms with Crippen LogP contribution in [0.1, 0.15) is 110 Å². The number of nitrogens with two attached hydrogens (primary N) is 2. The second-order valence-corrected chi connectivity index (χ2v) is 14.7. The van der Waals surface area contributed by atoms with Crippen LogP contribution in [0.2, 0.25) is 0 Å². The molecule has 0 spiro atoms. The number of rotatable bonds is 18. The summed E-state index contributed by atoms with van der Waals surface area (Å²) < 4.78 is 0. The average Bonchev–Trinajstić information content (AvgIpc) is 3.10. The van der Waals surface area contributed by atoms with Gasteiger partial charge in [0.2, 0.25) is 23.6 Å². The smallest absolute Gasteiger partial charge is 0.306 e. The number of carbonyl (C=O) groups excluding carboxylic acids is 5. The van der Waals surface area contributed by atoms with Gasteiger partial charge in [-0.15, -0.1) is 0 Å². The number of hydrogen-bond acceptors (Lipinski definition) is 9. The number of aliphatic carboxylic acids is 1. The number of allylic oxidation sites excluding steroid dienone is 2. The van der Waals surface area contributed by atoms with Crippen molar-refractivity contribution in [2.24, 2.45) is 23.3 Å². The third-order valence-corrected chi connectivity index (χ3v) is 9.45. The Morgan fingerprint density at radius 2 is 1.51 bits per heavy atom. The quantitative estimate of drug-likeness (QED) is 0.0808. The van der Waals surface area contributed by atoms with E-state index in [1.165, 1.54) is 12.1 Å². The van der Waals surface area contributed by atoms with Crippen molar-refractivity contribution in [3.05, 3.63) is 42.0 Å². The molecule has 1 aromatic rings. The fourth-order valence-electron chi connectivity index (χ4n) is 6.33. The number of phenolic OH excluding ortho intramolecular Hbond substituents is 1. The largest absolute Gasteiger partial charge is 0.508 e. The van der Waals surface area contributed by atoms with E-state index >= 15 is 0 Å². The van der Waals surface area contributed by atoms with Gasteiger partial charge in [0, 0.05) is 12.8 Å². The summed E-state index contributed by atoms with van der Waals surface area (Å²) in [6.45, 7) is 6.12. The van der Waals surface area contributed by atoms with Crippen LogP contribution in [0.4, 0.5) is 0 Å². The minimum Gasteiger partial charge on any atom is -0.508 e. The highest BCUT2D eigenvalue weighted by atomic mass is 16.4. The Morgan fingerprint density at radius 1 is 0.906 bits per heavy atom. The van der Waals surface area contributed by atoms with Crippen LogP contribution in [0.15, 0.2) is 36.4 Å². The number of Topliss-reactive ketones (excluding diaryl/α,β-unsaturated/α-hetero) is 1. The predicted octanol–water partition coefficient (Wildman–Crippen LogP) is 2.75. The summed E-state index contributed by atoms with van der Waals surface area (Å²) in [4.78, 5) is 80.6. The van der Waals surface area contributed by atoms with E-state index in [0.29, 0.717) is 70.0 Å². The number of benzene rings is 1. The van der Waals surface area contributed by atoms with E-state index in [9.17, 15) is 39.0 Å². The molecule has 1 aliphatic rings. The van der Waals surface area contributed by atoms with E-state index in [4.69, 9.17) is 11.5 Å². The summed E-state index contributed by atoms with van der Waals surface area (Å²) in [5, 5.41) is 31.0. The minimum absolute atomic E-state index is 0.0198. The molecule has 1 aromatic carbocycles. The van der Waals surface area contributed by atoms with Crippen LogP contribution in [0.5, 0.6) is 5.75 Å². The lowest BCUT2D eigenvalue weighted by Crippen LogP contribution is -2.63. The molecule has 2 rings (SSSR count). The topological polar surface area (TPSA) is 243 Å². The number of hydrogen-bond donors (Lipinski definition) is 8. The Hall–Kier alpha value is -4.30. The fraction of sp³-hybridized carbons (Fsp3) is 0.641.